The Labute approximate surface area is 114 Å². The minimum Gasteiger partial charge on any atom is -0.490 e. The van der Waals surface area contributed by atoms with Crippen molar-refractivity contribution < 1.29 is 4.74 Å². The molecular formula is C12H13BrN4O. The van der Waals surface area contributed by atoms with Crippen LogP contribution in [0, 0.1) is 0 Å². The zero-order valence-electron chi connectivity index (χ0n) is 10.1. The number of benzene rings is 1. The van der Waals surface area contributed by atoms with Crippen molar-refractivity contribution in [2.24, 2.45) is 5.10 Å². The fourth-order valence-electron chi connectivity index (χ4n) is 1.37. The largest absolute Gasteiger partial charge is 0.490 e. The highest BCUT2D eigenvalue weighted by Crippen LogP contribution is 2.22. The van der Waals surface area contributed by atoms with Gasteiger partial charge >= 0.3 is 0 Å². The summed E-state index contributed by atoms with van der Waals surface area (Å²) in [6.07, 6.45) is 4.88. The van der Waals surface area contributed by atoms with E-state index in [0.717, 1.165) is 15.8 Å². The molecule has 0 amide bonds. The maximum Gasteiger partial charge on any atom is 0.141 e. The van der Waals surface area contributed by atoms with E-state index in [1.807, 2.05) is 32.0 Å². The first-order valence-corrected chi connectivity index (χ1v) is 6.29. The third kappa shape index (κ3) is 3.40. The smallest absolute Gasteiger partial charge is 0.141 e. The van der Waals surface area contributed by atoms with Crippen LogP contribution in [0.4, 0.5) is 0 Å². The number of nitrogens with zero attached hydrogens (tertiary/aromatic N) is 4. The molecule has 1 aromatic heterocycles. The van der Waals surface area contributed by atoms with E-state index in [1.165, 1.54) is 17.3 Å². The van der Waals surface area contributed by atoms with Crippen molar-refractivity contribution in [2.45, 2.75) is 20.0 Å². The van der Waals surface area contributed by atoms with Crippen molar-refractivity contribution in [3.8, 4) is 5.75 Å². The van der Waals surface area contributed by atoms with Gasteiger partial charge in [0.25, 0.3) is 0 Å². The molecule has 1 heterocycles. The molecule has 0 saturated carbocycles. The number of hydrogen-bond donors (Lipinski definition) is 0. The molecule has 0 aliphatic heterocycles. The van der Waals surface area contributed by atoms with Gasteiger partial charge in [-0.05, 0) is 32.0 Å². The monoisotopic (exact) mass is 308 g/mol. The highest BCUT2D eigenvalue weighted by atomic mass is 79.9. The van der Waals surface area contributed by atoms with Crippen LogP contribution in [0.3, 0.4) is 0 Å². The van der Waals surface area contributed by atoms with Gasteiger partial charge in [-0.3, -0.25) is 0 Å². The van der Waals surface area contributed by atoms with E-state index in [9.17, 15) is 0 Å². The first kappa shape index (κ1) is 12.8. The molecule has 0 radical (unpaired) electrons. The summed E-state index contributed by atoms with van der Waals surface area (Å²) in [5.74, 6) is 0.796. The van der Waals surface area contributed by atoms with E-state index in [-0.39, 0.29) is 6.10 Å². The molecule has 0 fully saturated rings. The Hall–Kier alpha value is -1.69. The second-order valence-electron chi connectivity index (χ2n) is 3.94. The molecule has 0 spiro atoms. The SMILES string of the molecule is CC(C)Oc1ccc(Br)cc1/C=N\n1cnnc1. The van der Waals surface area contributed by atoms with Gasteiger partial charge < -0.3 is 4.74 Å². The lowest BCUT2D eigenvalue weighted by molar-refractivity contribution is 0.242. The van der Waals surface area contributed by atoms with Crippen LogP contribution in [0.2, 0.25) is 0 Å². The predicted molar refractivity (Wildman–Crippen MR) is 72.9 cm³/mol. The molecular weight excluding hydrogens is 296 g/mol. The van der Waals surface area contributed by atoms with E-state index in [0.29, 0.717) is 0 Å². The Balaban J connectivity index is 2.27. The third-order valence-corrected chi connectivity index (χ3v) is 2.56. The Morgan fingerprint density at radius 2 is 2.06 bits per heavy atom. The van der Waals surface area contributed by atoms with Crippen LogP contribution in [0.15, 0.2) is 40.4 Å². The van der Waals surface area contributed by atoms with Gasteiger partial charge in [0.2, 0.25) is 0 Å². The molecule has 0 saturated heterocycles. The Morgan fingerprint density at radius 3 is 2.72 bits per heavy atom. The zero-order chi connectivity index (χ0) is 13.0. The Bertz CT molecular complexity index is 537. The van der Waals surface area contributed by atoms with Crippen LogP contribution in [0.25, 0.3) is 0 Å². The summed E-state index contributed by atoms with van der Waals surface area (Å²) in [6.45, 7) is 3.98. The van der Waals surface area contributed by atoms with Crippen molar-refractivity contribution in [1.82, 2.24) is 14.9 Å². The second kappa shape index (κ2) is 5.77. The number of aromatic nitrogens is 3. The minimum absolute atomic E-state index is 0.119. The zero-order valence-corrected chi connectivity index (χ0v) is 11.7. The fourth-order valence-corrected chi connectivity index (χ4v) is 1.74. The molecule has 0 aliphatic carbocycles. The summed E-state index contributed by atoms with van der Waals surface area (Å²) in [5, 5.41) is 11.6. The van der Waals surface area contributed by atoms with Crippen LogP contribution in [-0.4, -0.2) is 27.2 Å². The van der Waals surface area contributed by atoms with E-state index in [1.54, 1.807) is 6.21 Å². The molecule has 2 aromatic rings. The van der Waals surface area contributed by atoms with Crippen molar-refractivity contribution >= 4 is 22.1 Å². The van der Waals surface area contributed by atoms with Gasteiger partial charge in [-0.25, -0.2) is 4.68 Å². The molecule has 18 heavy (non-hydrogen) atoms. The van der Waals surface area contributed by atoms with Gasteiger partial charge in [-0.15, -0.1) is 10.2 Å². The molecule has 0 aliphatic rings. The maximum absolute atomic E-state index is 5.72. The summed E-state index contributed by atoms with van der Waals surface area (Å²) < 4.78 is 8.22. The Morgan fingerprint density at radius 1 is 1.33 bits per heavy atom. The quantitative estimate of drug-likeness (QED) is 0.816. The molecule has 6 heteroatoms. The number of halogens is 1. The van der Waals surface area contributed by atoms with Gasteiger partial charge in [-0.2, -0.15) is 5.10 Å². The van der Waals surface area contributed by atoms with E-state index < -0.39 is 0 Å². The second-order valence-corrected chi connectivity index (χ2v) is 4.85. The lowest BCUT2D eigenvalue weighted by Crippen LogP contribution is -2.07. The fraction of sp³-hybridized carbons (Fsp3) is 0.250. The van der Waals surface area contributed by atoms with Crippen LogP contribution in [-0.2, 0) is 0 Å². The van der Waals surface area contributed by atoms with Crippen molar-refractivity contribution in [3.63, 3.8) is 0 Å². The van der Waals surface area contributed by atoms with Crippen LogP contribution >= 0.6 is 15.9 Å². The summed E-state index contributed by atoms with van der Waals surface area (Å²) in [6, 6.07) is 5.80. The summed E-state index contributed by atoms with van der Waals surface area (Å²) in [5.41, 5.74) is 0.895. The predicted octanol–water partition coefficient (Wildman–Crippen LogP) is 2.71. The summed E-state index contributed by atoms with van der Waals surface area (Å²) in [4.78, 5) is 0. The van der Waals surface area contributed by atoms with E-state index >= 15 is 0 Å². The van der Waals surface area contributed by atoms with E-state index in [2.05, 4.69) is 31.2 Å². The van der Waals surface area contributed by atoms with E-state index in [4.69, 9.17) is 4.74 Å². The van der Waals surface area contributed by atoms with Gasteiger partial charge in [0.15, 0.2) is 0 Å². The van der Waals surface area contributed by atoms with Gasteiger partial charge in [-0.1, -0.05) is 15.9 Å². The highest BCUT2D eigenvalue weighted by Gasteiger charge is 2.04. The average molecular weight is 309 g/mol. The van der Waals surface area contributed by atoms with Crippen molar-refractivity contribution in [3.05, 3.63) is 40.9 Å². The van der Waals surface area contributed by atoms with Crippen molar-refractivity contribution in [1.29, 1.82) is 0 Å². The molecule has 2 rings (SSSR count). The van der Waals surface area contributed by atoms with Gasteiger partial charge in [0, 0.05) is 10.0 Å². The topological polar surface area (TPSA) is 52.3 Å². The minimum atomic E-state index is 0.119. The Kier molecular flexibility index (Phi) is 4.09. The lowest BCUT2D eigenvalue weighted by Gasteiger charge is -2.12. The normalized spacial score (nSPS) is 11.3. The maximum atomic E-state index is 5.72. The molecule has 0 unspecified atom stereocenters. The summed E-state index contributed by atoms with van der Waals surface area (Å²) in [7, 11) is 0. The molecule has 94 valence electrons. The highest BCUT2D eigenvalue weighted by molar-refractivity contribution is 9.10. The van der Waals surface area contributed by atoms with Crippen molar-refractivity contribution in [2.75, 3.05) is 0 Å². The standard InChI is InChI=1S/C12H13BrN4O/c1-9(2)18-12-4-3-11(13)5-10(12)6-16-17-7-14-15-8-17/h3-9H,1-2H3/b16-6-. The lowest BCUT2D eigenvalue weighted by atomic mass is 10.2. The first-order chi connectivity index (χ1) is 8.65. The molecule has 0 atom stereocenters. The van der Waals surface area contributed by atoms with Crippen LogP contribution in [0.5, 0.6) is 5.75 Å². The number of hydrogen-bond acceptors (Lipinski definition) is 4. The summed E-state index contributed by atoms with van der Waals surface area (Å²) >= 11 is 3.43. The van der Waals surface area contributed by atoms with Gasteiger partial charge in [0.1, 0.15) is 18.4 Å². The molecule has 0 N–H and O–H groups in total. The van der Waals surface area contributed by atoms with Gasteiger partial charge in [0.05, 0.1) is 12.3 Å². The average Bonchev–Trinajstić information content (AvgIpc) is 2.82. The molecule has 5 nitrogen and oxygen atoms in total. The van der Waals surface area contributed by atoms with Crippen LogP contribution in [0.1, 0.15) is 19.4 Å². The molecule has 0 bridgehead atoms. The number of ether oxygens (including phenoxy) is 1. The molecule has 1 aromatic carbocycles. The third-order valence-electron chi connectivity index (χ3n) is 2.07. The number of rotatable bonds is 4. The first-order valence-electron chi connectivity index (χ1n) is 5.50. The van der Waals surface area contributed by atoms with Crippen LogP contribution < -0.4 is 4.74 Å².